The summed E-state index contributed by atoms with van der Waals surface area (Å²) < 4.78 is 5.59. The molecule has 3 N–H and O–H groups in total. The summed E-state index contributed by atoms with van der Waals surface area (Å²) in [5.41, 5.74) is 1.57. The van der Waals surface area contributed by atoms with Crippen LogP contribution in [0.5, 0.6) is 0 Å². The fourth-order valence-corrected chi connectivity index (χ4v) is 2.47. The van der Waals surface area contributed by atoms with Crippen LogP contribution in [0.25, 0.3) is 11.3 Å². The standard InChI is InChI=1S/C16H19N5O3/c22-15(23)10-19-16-20-13(11-3-5-17-6-4-11)8-14(21-16)18-9-12-2-1-7-24-12/h3-6,8,12H,1-2,7,9-10H2,(H,22,23)(H2,18,19,20,21)/t12-/m1/s1. The molecule has 2 aromatic rings. The molecule has 0 spiro atoms. The summed E-state index contributed by atoms with van der Waals surface area (Å²) in [5, 5.41) is 14.8. The molecule has 0 aliphatic carbocycles. The van der Waals surface area contributed by atoms with E-state index in [0.29, 0.717) is 18.1 Å². The Hall–Kier alpha value is -2.74. The van der Waals surface area contributed by atoms with Crippen molar-refractivity contribution in [3.8, 4) is 11.3 Å². The molecule has 1 aliphatic heterocycles. The van der Waals surface area contributed by atoms with Gasteiger partial charge < -0.3 is 20.5 Å². The first-order valence-corrected chi connectivity index (χ1v) is 7.81. The highest BCUT2D eigenvalue weighted by Gasteiger charge is 2.16. The predicted octanol–water partition coefficient (Wildman–Crippen LogP) is 1.63. The second-order valence-corrected chi connectivity index (χ2v) is 5.46. The van der Waals surface area contributed by atoms with Gasteiger partial charge in [0.05, 0.1) is 11.8 Å². The number of hydrogen-bond acceptors (Lipinski definition) is 7. The smallest absolute Gasteiger partial charge is 0.322 e. The summed E-state index contributed by atoms with van der Waals surface area (Å²) in [4.78, 5) is 23.4. The third-order valence-electron chi connectivity index (χ3n) is 3.63. The average Bonchev–Trinajstić information content (AvgIpc) is 3.12. The predicted molar refractivity (Wildman–Crippen MR) is 88.9 cm³/mol. The Kier molecular flexibility index (Phi) is 5.17. The van der Waals surface area contributed by atoms with Crippen LogP contribution >= 0.6 is 0 Å². The molecule has 1 fully saturated rings. The number of carboxylic acids is 1. The normalized spacial score (nSPS) is 16.8. The molecule has 126 valence electrons. The van der Waals surface area contributed by atoms with Gasteiger partial charge in [0.1, 0.15) is 12.4 Å². The maximum Gasteiger partial charge on any atom is 0.322 e. The van der Waals surface area contributed by atoms with Crippen molar-refractivity contribution in [3.05, 3.63) is 30.6 Å². The van der Waals surface area contributed by atoms with Crippen LogP contribution in [0.2, 0.25) is 0 Å². The van der Waals surface area contributed by atoms with Crippen molar-refractivity contribution in [1.82, 2.24) is 15.0 Å². The topological polar surface area (TPSA) is 109 Å². The molecule has 0 radical (unpaired) electrons. The van der Waals surface area contributed by atoms with Crippen molar-refractivity contribution in [3.63, 3.8) is 0 Å². The lowest BCUT2D eigenvalue weighted by Crippen LogP contribution is -2.20. The number of ether oxygens (including phenoxy) is 1. The van der Waals surface area contributed by atoms with Gasteiger partial charge in [-0.05, 0) is 25.0 Å². The average molecular weight is 329 g/mol. The van der Waals surface area contributed by atoms with E-state index in [-0.39, 0.29) is 18.6 Å². The van der Waals surface area contributed by atoms with E-state index in [0.717, 1.165) is 25.0 Å². The van der Waals surface area contributed by atoms with Crippen molar-refractivity contribution in [2.75, 3.05) is 30.3 Å². The molecule has 0 unspecified atom stereocenters. The Labute approximate surface area is 139 Å². The van der Waals surface area contributed by atoms with E-state index in [1.165, 1.54) is 0 Å². The quantitative estimate of drug-likeness (QED) is 0.703. The Morgan fingerprint density at radius 3 is 2.83 bits per heavy atom. The Morgan fingerprint density at radius 1 is 1.29 bits per heavy atom. The molecule has 0 bridgehead atoms. The van der Waals surface area contributed by atoms with Gasteiger partial charge in [-0.15, -0.1) is 0 Å². The fraction of sp³-hybridized carbons (Fsp3) is 0.375. The lowest BCUT2D eigenvalue weighted by atomic mass is 10.2. The van der Waals surface area contributed by atoms with Gasteiger partial charge in [-0.1, -0.05) is 0 Å². The first kappa shape index (κ1) is 16.1. The van der Waals surface area contributed by atoms with E-state index >= 15 is 0 Å². The molecule has 3 rings (SSSR count). The van der Waals surface area contributed by atoms with Crippen LogP contribution in [0.4, 0.5) is 11.8 Å². The Morgan fingerprint density at radius 2 is 2.12 bits per heavy atom. The van der Waals surface area contributed by atoms with Crippen LogP contribution in [-0.2, 0) is 9.53 Å². The molecule has 0 aromatic carbocycles. The highest BCUT2D eigenvalue weighted by atomic mass is 16.5. The number of rotatable bonds is 7. The molecule has 1 atom stereocenters. The summed E-state index contributed by atoms with van der Waals surface area (Å²) in [6.07, 6.45) is 5.64. The zero-order chi connectivity index (χ0) is 16.8. The molecule has 24 heavy (non-hydrogen) atoms. The van der Waals surface area contributed by atoms with Crippen molar-refractivity contribution in [1.29, 1.82) is 0 Å². The van der Waals surface area contributed by atoms with Gasteiger partial charge >= 0.3 is 5.97 Å². The molecule has 1 saturated heterocycles. The van der Waals surface area contributed by atoms with Crippen molar-refractivity contribution >= 4 is 17.7 Å². The number of hydrogen-bond donors (Lipinski definition) is 3. The molecule has 1 aliphatic rings. The van der Waals surface area contributed by atoms with Crippen LogP contribution in [0.1, 0.15) is 12.8 Å². The lowest BCUT2D eigenvalue weighted by Gasteiger charge is -2.13. The summed E-state index contributed by atoms with van der Waals surface area (Å²) in [7, 11) is 0. The van der Waals surface area contributed by atoms with E-state index in [1.807, 2.05) is 18.2 Å². The molecule has 0 amide bonds. The maximum atomic E-state index is 10.8. The summed E-state index contributed by atoms with van der Waals surface area (Å²) in [6, 6.07) is 5.51. The van der Waals surface area contributed by atoms with Gasteiger partial charge in [0.2, 0.25) is 5.95 Å². The minimum Gasteiger partial charge on any atom is -0.480 e. The molecule has 0 saturated carbocycles. The van der Waals surface area contributed by atoms with E-state index in [2.05, 4.69) is 25.6 Å². The van der Waals surface area contributed by atoms with Crippen LogP contribution in [0.3, 0.4) is 0 Å². The van der Waals surface area contributed by atoms with Gasteiger partial charge in [-0.2, -0.15) is 4.98 Å². The fourth-order valence-electron chi connectivity index (χ4n) is 2.47. The number of nitrogens with one attached hydrogen (secondary N) is 2. The van der Waals surface area contributed by atoms with Crippen LogP contribution in [0, 0.1) is 0 Å². The van der Waals surface area contributed by atoms with Crippen molar-refractivity contribution in [2.45, 2.75) is 18.9 Å². The number of anilines is 2. The van der Waals surface area contributed by atoms with Gasteiger partial charge in [-0.3, -0.25) is 9.78 Å². The van der Waals surface area contributed by atoms with Gasteiger partial charge in [-0.25, -0.2) is 4.98 Å². The Bertz CT molecular complexity index is 689. The second kappa shape index (κ2) is 7.69. The summed E-state index contributed by atoms with van der Waals surface area (Å²) in [5.74, 6) is -0.0801. The monoisotopic (exact) mass is 329 g/mol. The van der Waals surface area contributed by atoms with E-state index in [4.69, 9.17) is 9.84 Å². The van der Waals surface area contributed by atoms with E-state index in [9.17, 15) is 4.79 Å². The summed E-state index contributed by atoms with van der Waals surface area (Å²) >= 11 is 0. The molecule has 3 heterocycles. The molecular formula is C16H19N5O3. The van der Waals surface area contributed by atoms with Gasteiger partial charge in [0.25, 0.3) is 0 Å². The number of carboxylic acid groups (broad SMARTS) is 1. The Balaban J connectivity index is 1.80. The second-order valence-electron chi connectivity index (χ2n) is 5.46. The largest absolute Gasteiger partial charge is 0.480 e. The number of carbonyl (C=O) groups is 1. The van der Waals surface area contributed by atoms with Crippen LogP contribution in [-0.4, -0.2) is 51.8 Å². The first-order chi connectivity index (χ1) is 11.7. The van der Waals surface area contributed by atoms with E-state index in [1.54, 1.807) is 12.4 Å². The van der Waals surface area contributed by atoms with Gasteiger partial charge in [0.15, 0.2) is 0 Å². The van der Waals surface area contributed by atoms with Crippen molar-refractivity contribution in [2.24, 2.45) is 0 Å². The molecule has 8 heteroatoms. The molecular weight excluding hydrogens is 310 g/mol. The lowest BCUT2D eigenvalue weighted by molar-refractivity contribution is -0.134. The van der Waals surface area contributed by atoms with Crippen molar-refractivity contribution < 1.29 is 14.6 Å². The highest BCUT2D eigenvalue weighted by Crippen LogP contribution is 2.21. The highest BCUT2D eigenvalue weighted by molar-refractivity contribution is 5.72. The zero-order valence-corrected chi connectivity index (χ0v) is 13.1. The third-order valence-corrected chi connectivity index (χ3v) is 3.63. The van der Waals surface area contributed by atoms with Crippen LogP contribution in [0.15, 0.2) is 30.6 Å². The summed E-state index contributed by atoms with van der Waals surface area (Å²) in [6.45, 7) is 1.21. The first-order valence-electron chi connectivity index (χ1n) is 7.81. The molecule has 8 nitrogen and oxygen atoms in total. The number of aliphatic carboxylic acids is 1. The van der Waals surface area contributed by atoms with Gasteiger partial charge in [0, 0.05) is 37.2 Å². The minimum absolute atomic E-state index is 0.180. The maximum absolute atomic E-state index is 10.8. The number of nitrogens with zero attached hydrogens (tertiary/aromatic N) is 3. The van der Waals surface area contributed by atoms with E-state index < -0.39 is 5.97 Å². The van der Waals surface area contributed by atoms with Crippen LogP contribution < -0.4 is 10.6 Å². The zero-order valence-electron chi connectivity index (χ0n) is 13.1. The molecule has 2 aromatic heterocycles. The SMILES string of the molecule is O=C(O)CNc1nc(NC[C@H]2CCCO2)cc(-c2ccncc2)n1. The third kappa shape index (κ3) is 4.39. The number of pyridine rings is 1. The number of aromatic nitrogens is 3. The minimum atomic E-state index is -0.971.